The number of thiazole rings is 1. The van der Waals surface area contributed by atoms with E-state index in [0.717, 1.165) is 35.7 Å². The summed E-state index contributed by atoms with van der Waals surface area (Å²) in [5.41, 5.74) is 3.35. The van der Waals surface area contributed by atoms with Crippen molar-refractivity contribution in [2.75, 3.05) is 20.7 Å². The number of aromatic nitrogens is 1. The number of hydrogen-bond acceptors (Lipinski definition) is 4. The highest BCUT2D eigenvalue weighted by Gasteiger charge is 2.08. The van der Waals surface area contributed by atoms with Gasteiger partial charge in [0.25, 0.3) is 0 Å². The first-order valence-corrected chi connectivity index (χ1v) is 9.27. The predicted molar refractivity (Wildman–Crippen MR) is 105 cm³/mol. The van der Waals surface area contributed by atoms with Crippen LogP contribution in [0.15, 0.2) is 65.0 Å². The van der Waals surface area contributed by atoms with Crippen molar-refractivity contribution >= 4 is 17.0 Å². The number of rotatable bonds is 7. The lowest BCUT2D eigenvalue weighted by atomic mass is 10.1. The molecule has 3 rings (SSSR count). The second kappa shape index (κ2) is 8.65. The Morgan fingerprint density at radius 3 is 2.52 bits per heavy atom. The molecule has 0 bridgehead atoms. The molecule has 0 aliphatic rings. The lowest BCUT2D eigenvalue weighted by Gasteiger charge is -2.10. The summed E-state index contributed by atoms with van der Waals surface area (Å²) in [4.78, 5) is 5.86. The minimum atomic E-state index is 0.870. The quantitative estimate of drug-likeness (QED) is 0.650. The van der Waals surface area contributed by atoms with E-state index in [-0.39, 0.29) is 0 Å². The van der Waals surface area contributed by atoms with Crippen LogP contribution in [0.2, 0.25) is 0 Å². The molecule has 0 saturated heterocycles. The molecule has 25 heavy (non-hydrogen) atoms. The third-order valence-electron chi connectivity index (χ3n) is 3.97. The van der Waals surface area contributed by atoms with Crippen molar-refractivity contribution in [2.24, 2.45) is 4.99 Å². The summed E-state index contributed by atoms with van der Waals surface area (Å²) in [5.74, 6) is 0.870. The lowest BCUT2D eigenvalue weighted by Crippen LogP contribution is -2.19. The zero-order valence-electron chi connectivity index (χ0n) is 14.6. The van der Waals surface area contributed by atoms with Gasteiger partial charge in [0.2, 0.25) is 0 Å². The van der Waals surface area contributed by atoms with Crippen LogP contribution < -0.4 is 14.9 Å². The van der Waals surface area contributed by atoms with Gasteiger partial charge in [-0.2, -0.15) is 0 Å². The fourth-order valence-electron chi connectivity index (χ4n) is 2.65. The molecule has 0 aliphatic carbocycles. The molecule has 1 heterocycles. The highest BCUT2D eigenvalue weighted by Crippen LogP contribution is 2.23. The van der Waals surface area contributed by atoms with Crippen molar-refractivity contribution in [3.8, 4) is 17.0 Å². The largest absolute Gasteiger partial charge is 0.497 e. The Hall–Kier alpha value is -2.37. The number of ether oxygens (including phenoxy) is 1. The maximum atomic E-state index is 5.27. The minimum absolute atomic E-state index is 0.870. The number of benzene rings is 2. The van der Waals surface area contributed by atoms with E-state index >= 15 is 0 Å². The molecule has 3 aromatic rings. The summed E-state index contributed by atoms with van der Waals surface area (Å²) in [6.07, 6.45) is 1.05. The molecule has 2 aromatic carbocycles. The van der Waals surface area contributed by atoms with Crippen LogP contribution in [0.25, 0.3) is 11.3 Å². The Labute approximate surface area is 152 Å². The molecule has 130 valence electrons. The van der Waals surface area contributed by atoms with Gasteiger partial charge in [0, 0.05) is 11.9 Å². The molecule has 0 unspecified atom stereocenters. The van der Waals surface area contributed by atoms with Gasteiger partial charge < -0.3 is 14.6 Å². The maximum absolute atomic E-state index is 5.27. The predicted octanol–water partition coefficient (Wildman–Crippen LogP) is 4.07. The summed E-state index contributed by atoms with van der Waals surface area (Å²) in [6.45, 7) is 1.91. The molecule has 0 saturated carbocycles. The van der Waals surface area contributed by atoms with Crippen LogP contribution in [0.1, 0.15) is 6.42 Å². The molecule has 0 amide bonds. The summed E-state index contributed by atoms with van der Waals surface area (Å²) < 4.78 is 7.57. The van der Waals surface area contributed by atoms with Gasteiger partial charge in [-0.25, -0.2) is 4.99 Å². The highest BCUT2D eigenvalue weighted by atomic mass is 32.1. The first-order valence-electron chi connectivity index (χ1n) is 8.39. The van der Waals surface area contributed by atoms with E-state index in [2.05, 4.69) is 27.4 Å². The van der Waals surface area contributed by atoms with Gasteiger partial charge in [-0.15, -0.1) is 11.3 Å². The Kier molecular flexibility index (Phi) is 6.04. The number of nitrogens with one attached hydrogen (secondary N) is 1. The molecular weight excluding hydrogens is 330 g/mol. The van der Waals surface area contributed by atoms with E-state index in [1.165, 1.54) is 11.3 Å². The number of nitrogens with zero attached hydrogens (tertiary/aromatic N) is 2. The van der Waals surface area contributed by atoms with E-state index in [9.17, 15) is 0 Å². The molecule has 1 aromatic heterocycles. The van der Waals surface area contributed by atoms with Gasteiger partial charge in [-0.05, 0) is 62.0 Å². The van der Waals surface area contributed by atoms with E-state index in [0.29, 0.717) is 0 Å². The van der Waals surface area contributed by atoms with Crippen molar-refractivity contribution in [3.05, 3.63) is 64.8 Å². The van der Waals surface area contributed by atoms with Gasteiger partial charge in [0.05, 0.1) is 18.5 Å². The molecule has 5 heteroatoms. The number of methoxy groups -OCH3 is 1. The zero-order chi connectivity index (χ0) is 17.5. The van der Waals surface area contributed by atoms with Gasteiger partial charge in [0.1, 0.15) is 5.75 Å². The topological polar surface area (TPSA) is 38.5 Å². The maximum Gasteiger partial charge on any atom is 0.190 e. The third kappa shape index (κ3) is 4.38. The average Bonchev–Trinajstić information content (AvgIpc) is 3.05. The van der Waals surface area contributed by atoms with E-state index < -0.39 is 0 Å². The van der Waals surface area contributed by atoms with E-state index in [1.807, 2.05) is 49.5 Å². The number of para-hydroxylation sites is 1. The minimum Gasteiger partial charge on any atom is -0.497 e. The monoisotopic (exact) mass is 353 g/mol. The van der Waals surface area contributed by atoms with Crippen LogP contribution in [0.4, 0.5) is 5.69 Å². The van der Waals surface area contributed by atoms with Crippen LogP contribution in [0.5, 0.6) is 5.75 Å². The lowest BCUT2D eigenvalue weighted by molar-refractivity contribution is 0.415. The average molecular weight is 353 g/mol. The summed E-state index contributed by atoms with van der Waals surface area (Å²) >= 11 is 1.68. The van der Waals surface area contributed by atoms with Crippen LogP contribution in [0.3, 0.4) is 0 Å². The second-order valence-electron chi connectivity index (χ2n) is 5.69. The molecule has 1 N–H and O–H groups in total. The van der Waals surface area contributed by atoms with Gasteiger partial charge in [0.15, 0.2) is 4.80 Å². The molecular formula is C20H23N3OS. The molecule has 0 radical (unpaired) electrons. The fraction of sp³-hybridized carbons (Fsp3) is 0.250. The smallest absolute Gasteiger partial charge is 0.190 e. The van der Waals surface area contributed by atoms with Crippen molar-refractivity contribution in [1.82, 2.24) is 9.88 Å². The second-order valence-corrected chi connectivity index (χ2v) is 6.52. The first-order chi connectivity index (χ1) is 12.3. The van der Waals surface area contributed by atoms with Gasteiger partial charge in [-0.3, -0.25) is 0 Å². The fourth-order valence-corrected chi connectivity index (χ4v) is 3.61. The first kappa shape index (κ1) is 17.5. The Morgan fingerprint density at radius 2 is 1.84 bits per heavy atom. The highest BCUT2D eigenvalue weighted by molar-refractivity contribution is 7.07. The van der Waals surface area contributed by atoms with E-state index in [4.69, 9.17) is 9.73 Å². The van der Waals surface area contributed by atoms with Gasteiger partial charge >= 0.3 is 0 Å². The standard InChI is InChI=1S/C20H23N3OS/c1-21-13-6-14-23-19(16-9-11-18(24-2)12-10-16)15-25-20(23)22-17-7-4-3-5-8-17/h3-5,7-12,15,21H,6,13-14H2,1-2H3/b22-20+. The Balaban J connectivity index is 2.01. The summed E-state index contributed by atoms with van der Waals surface area (Å²) in [5, 5.41) is 5.40. The van der Waals surface area contributed by atoms with Crippen LogP contribution in [-0.4, -0.2) is 25.3 Å². The normalized spacial score (nSPS) is 11.7. The molecule has 0 aliphatic heterocycles. The van der Waals surface area contributed by atoms with Crippen LogP contribution in [-0.2, 0) is 6.54 Å². The van der Waals surface area contributed by atoms with E-state index in [1.54, 1.807) is 18.4 Å². The summed E-state index contributed by atoms with van der Waals surface area (Å²) in [6, 6.07) is 18.3. The third-order valence-corrected chi connectivity index (χ3v) is 4.84. The van der Waals surface area contributed by atoms with Crippen molar-refractivity contribution in [3.63, 3.8) is 0 Å². The van der Waals surface area contributed by atoms with Crippen molar-refractivity contribution in [2.45, 2.75) is 13.0 Å². The Morgan fingerprint density at radius 1 is 1.08 bits per heavy atom. The number of hydrogen-bond donors (Lipinski definition) is 1. The molecule has 0 atom stereocenters. The SMILES string of the molecule is CNCCCn1c(-c2ccc(OC)cc2)cs/c1=N/c1ccccc1. The molecule has 4 nitrogen and oxygen atoms in total. The van der Waals surface area contributed by atoms with Crippen molar-refractivity contribution in [1.29, 1.82) is 0 Å². The Bertz CT molecular complexity index is 851. The zero-order valence-corrected chi connectivity index (χ0v) is 15.4. The van der Waals surface area contributed by atoms with Crippen LogP contribution in [0, 0.1) is 0 Å². The molecule has 0 spiro atoms. The molecule has 0 fully saturated rings. The van der Waals surface area contributed by atoms with Crippen LogP contribution >= 0.6 is 11.3 Å². The summed E-state index contributed by atoms with van der Waals surface area (Å²) in [7, 11) is 3.67. The van der Waals surface area contributed by atoms with Crippen molar-refractivity contribution < 1.29 is 4.74 Å². The van der Waals surface area contributed by atoms with Gasteiger partial charge in [-0.1, -0.05) is 18.2 Å².